The largest absolute Gasteiger partial charge is 0.465 e. The molecule has 0 atom stereocenters. The van der Waals surface area contributed by atoms with Crippen molar-refractivity contribution in [1.82, 2.24) is 0 Å². The summed E-state index contributed by atoms with van der Waals surface area (Å²) in [5.41, 5.74) is 0.969. The fourth-order valence-electron chi connectivity index (χ4n) is 1.79. The van der Waals surface area contributed by atoms with Gasteiger partial charge in [0.25, 0.3) is 0 Å². The highest BCUT2D eigenvalue weighted by molar-refractivity contribution is 9.10. The van der Waals surface area contributed by atoms with Gasteiger partial charge >= 0.3 is 5.97 Å². The van der Waals surface area contributed by atoms with Crippen molar-refractivity contribution in [2.75, 3.05) is 12.4 Å². The molecule has 0 aromatic heterocycles. The highest BCUT2D eigenvalue weighted by Crippen LogP contribution is 2.23. The summed E-state index contributed by atoms with van der Waals surface area (Å²) in [5.74, 6) is -1.76. The van der Waals surface area contributed by atoms with Crippen LogP contribution in [0.25, 0.3) is 0 Å². The molecule has 0 unspecified atom stereocenters. The Morgan fingerprint density at radius 3 is 2.48 bits per heavy atom. The van der Waals surface area contributed by atoms with Crippen molar-refractivity contribution in [2.24, 2.45) is 0 Å². The first kappa shape index (κ1) is 15.4. The number of hydrogen-bond acceptors (Lipinski definition) is 3. The predicted octanol–water partition coefficient (Wildman–Crippen LogP) is 4.13. The number of methoxy groups -OCH3 is 1. The lowest BCUT2D eigenvalue weighted by atomic mass is 10.1. The molecule has 0 radical (unpaired) electrons. The second-order valence-electron chi connectivity index (χ2n) is 4.25. The second-order valence-corrected chi connectivity index (χ2v) is 5.10. The van der Waals surface area contributed by atoms with Crippen molar-refractivity contribution in [1.29, 1.82) is 0 Å². The van der Waals surface area contributed by atoms with Crippen LogP contribution < -0.4 is 5.32 Å². The van der Waals surface area contributed by atoms with Crippen LogP contribution in [0.3, 0.4) is 0 Å². The summed E-state index contributed by atoms with van der Waals surface area (Å²) >= 11 is 3.32. The summed E-state index contributed by atoms with van der Waals surface area (Å²) in [4.78, 5) is 11.4. The lowest BCUT2D eigenvalue weighted by Crippen LogP contribution is -2.06. The molecule has 0 aliphatic heterocycles. The molecule has 6 heteroatoms. The highest BCUT2D eigenvalue weighted by Gasteiger charge is 2.11. The summed E-state index contributed by atoms with van der Waals surface area (Å²) in [6.45, 7) is 0.208. The Kier molecular flexibility index (Phi) is 4.90. The second kappa shape index (κ2) is 6.67. The molecule has 0 aliphatic carbocycles. The number of carbonyl (C=O) groups is 1. The number of ether oxygens (including phenoxy) is 1. The van der Waals surface area contributed by atoms with Gasteiger partial charge in [0.2, 0.25) is 0 Å². The Morgan fingerprint density at radius 2 is 1.90 bits per heavy atom. The predicted molar refractivity (Wildman–Crippen MR) is 79.2 cm³/mol. The van der Waals surface area contributed by atoms with Crippen molar-refractivity contribution >= 4 is 27.6 Å². The van der Waals surface area contributed by atoms with Crippen LogP contribution >= 0.6 is 15.9 Å². The average Bonchev–Trinajstić information content (AvgIpc) is 2.47. The van der Waals surface area contributed by atoms with E-state index in [1.807, 2.05) is 0 Å². The Balaban J connectivity index is 2.16. The van der Waals surface area contributed by atoms with Gasteiger partial charge in [0, 0.05) is 11.0 Å². The van der Waals surface area contributed by atoms with Gasteiger partial charge in [0.05, 0.1) is 12.7 Å². The number of rotatable bonds is 4. The summed E-state index contributed by atoms with van der Waals surface area (Å²) in [5, 5.41) is 2.70. The van der Waals surface area contributed by atoms with E-state index < -0.39 is 17.6 Å². The number of para-hydroxylation sites is 1. The number of anilines is 1. The fraction of sp³-hybridized carbons (Fsp3) is 0.133. The zero-order valence-electron chi connectivity index (χ0n) is 11.1. The first-order chi connectivity index (χ1) is 10.0. The molecule has 0 fully saturated rings. The van der Waals surface area contributed by atoms with Crippen molar-refractivity contribution in [2.45, 2.75) is 6.54 Å². The van der Waals surface area contributed by atoms with Gasteiger partial charge in [-0.3, -0.25) is 0 Å². The van der Waals surface area contributed by atoms with Gasteiger partial charge in [-0.2, -0.15) is 0 Å². The summed E-state index contributed by atoms with van der Waals surface area (Å²) < 4.78 is 32.3. The molecular formula is C15H12BrF2NO2. The maximum atomic E-state index is 13.5. The minimum absolute atomic E-state index is 0.179. The monoisotopic (exact) mass is 355 g/mol. The van der Waals surface area contributed by atoms with Crippen LogP contribution in [0.2, 0.25) is 0 Å². The molecule has 0 amide bonds. The van der Waals surface area contributed by atoms with Gasteiger partial charge in [0.1, 0.15) is 17.3 Å². The van der Waals surface area contributed by atoms with E-state index in [1.54, 1.807) is 18.2 Å². The van der Waals surface area contributed by atoms with Gasteiger partial charge in [-0.05, 0) is 29.8 Å². The highest BCUT2D eigenvalue weighted by atomic mass is 79.9. The normalized spacial score (nSPS) is 10.3. The quantitative estimate of drug-likeness (QED) is 0.838. The smallest absolute Gasteiger partial charge is 0.337 e. The molecular weight excluding hydrogens is 344 g/mol. The first-order valence-electron chi connectivity index (χ1n) is 6.07. The van der Waals surface area contributed by atoms with Crippen molar-refractivity contribution in [3.8, 4) is 0 Å². The molecule has 1 N–H and O–H groups in total. The van der Waals surface area contributed by atoms with E-state index in [2.05, 4.69) is 26.0 Å². The standard InChI is InChI=1S/C15H12BrF2NO2/c1-21-15(20)9-5-6-10(11(16)7-9)8-19-14-12(17)3-2-4-13(14)18/h2-7,19H,8H2,1H3. The minimum Gasteiger partial charge on any atom is -0.465 e. The van der Waals surface area contributed by atoms with E-state index in [0.29, 0.717) is 10.0 Å². The zero-order valence-corrected chi connectivity index (χ0v) is 12.7. The number of nitrogens with one attached hydrogen (secondary N) is 1. The van der Waals surface area contributed by atoms with Crippen LogP contribution in [-0.4, -0.2) is 13.1 Å². The third-order valence-electron chi connectivity index (χ3n) is 2.89. The minimum atomic E-state index is -0.655. The Bertz CT molecular complexity index is 656. The van der Waals surface area contributed by atoms with Crippen LogP contribution in [0, 0.1) is 11.6 Å². The number of benzene rings is 2. The molecule has 2 rings (SSSR count). The Hall–Kier alpha value is -1.95. The molecule has 0 saturated heterocycles. The average molecular weight is 356 g/mol. The lowest BCUT2D eigenvalue weighted by molar-refractivity contribution is 0.0600. The molecule has 0 heterocycles. The van der Waals surface area contributed by atoms with E-state index in [9.17, 15) is 13.6 Å². The third kappa shape index (κ3) is 3.58. The molecule has 110 valence electrons. The van der Waals surface area contributed by atoms with Gasteiger partial charge in [0.15, 0.2) is 0 Å². The number of carbonyl (C=O) groups excluding carboxylic acids is 1. The van der Waals surface area contributed by atoms with Crippen molar-refractivity contribution in [3.63, 3.8) is 0 Å². The molecule has 0 saturated carbocycles. The lowest BCUT2D eigenvalue weighted by Gasteiger charge is -2.11. The van der Waals surface area contributed by atoms with Gasteiger partial charge in [-0.1, -0.05) is 28.1 Å². The Morgan fingerprint density at radius 1 is 1.24 bits per heavy atom. The summed E-state index contributed by atoms with van der Waals surface area (Å²) in [6.07, 6.45) is 0. The molecule has 2 aromatic rings. The number of halogens is 3. The Labute approximate surface area is 129 Å². The van der Waals surface area contributed by atoms with Crippen molar-refractivity contribution < 1.29 is 18.3 Å². The molecule has 0 spiro atoms. The SMILES string of the molecule is COC(=O)c1ccc(CNc2c(F)cccc2F)c(Br)c1. The topological polar surface area (TPSA) is 38.3 Å². The molecule has 21 heavy (non-hydrogen) atoms. The maximum Gasteiger partial charge on any atom is 0.337 e. The van der Waals surface area contributed by atoms with Crippen LogP contribution in [0.4, 0.5) is 14.5 Å². The molecule has 0 aliphatic rings. The number of esters is 1. The van der Waals surface area contributed by atoms with Crippen LogP contribution in [0.15, 0.2) is 40.9 Å². The summed E-state index contributed by atoms with van der Waals surface area (Å²) in [6, 6.07) is 8.53. The van der Waals surface area contributed by atoms with Gasteiger partial charge in [-0.15, -0.1) is 0 Å². The van der Waals surface area contributed by atoms with E-state index >= 15 is 0 Å². The van der Waals surface area contributed by atoms with Crippen LogP contribution in [0.1, 0.15) is 15.9 Å². The molecule has 0 bridgehead atoms. The van der Waals surface area contributed by atoms with Gasteiger partial charge in [-0.25, -0.2) is 13.6 Å². The maximum absolute atomic E-state index is 13.5. The zero-order chi connectivity index (χ0) is 15.4. The summed E-state index contributed by atoms with van der Waals surface area (Å²) in [7, 11) is 1.30. The van der Waals surface area contributed by atoms with Crippen molar-refractivity contribution in [3.05, 3.63) is 63.6 Å². The van der Waals surface area contributed by atoms with Gasteiger partial charge < -0.3 is 10.1 Å². The fourth-order valence-corrected chi connectivity index (χ4v) is 2.30. The third-order valence-corrected chi connectivity index (χ3v) is 3.63. The van der Waals surface area contributed by atoms with E-state index in [1.165, 1.54) is 25.3 Å². The van der Waals surface area contributed by atoms with E-state index in [0.717, 1.165) is 5.56 Å². The van der Waals surface area contributed by atoms with E-state index in [4.69, 9.17) is 0 Å². The van der Waals surface area contributed by atoms with Crippen LogP contribution in [-0.2, 0) is 11.3 Å². The molecule has 2 aromatic carbocycles. The first-order valence-corrected chi connectivity index (χ1v) is 6.87. The molecule has 3 nitrogen and oxygen atoms in total. The number of hydrogen-bond donors (Lipinski definition) is 1. The van der Waals surface area contributed by atoms with E-state index in [-0.39, 0.29) is 12.2 Å². The van der Waals surface area contributed by atoms with Crippen LogP contribution in [0.5, 0.6) is 0 Å².